The fourth-order valence-corrected chi connectivity index (χ4v) is 2.44. The summed E-state index contributed by atoms with van der Waals surface area (Å²) in [7, 11) is 6.78. The highest BCUT2D eigenvalue weighted by Crippen LogP contribution is 2.24. The molecule has 3 aromatic rings. The van der Waals surface area contributed by atoms with Crippen LogP contribution in [0.25, 0.3) is 22.2 Å². The SMILES string of the molecule is Cc1cc2nc3c(=O)n(C)c(=O)n(C)c3nc2cc1N=CN(C)C. The average Bonchev–Trinajstić information content (AvgIpc) is 2.55. The van der Waals surface area contributed by atoms with E-state index in [0.29, 0.717) is 11.0 Å². The van der Waals surface area contributed by atoms with Crippen LogP contribution >= 0.6 is 0 Å². The van der Waals surface area contributed by atoms with Gasteiger partial charge < -0.3 is 4.90 Å². The van der Waals surface area contributed by atoms with Crippen molar-refractivity contribution < 1.29 is 0 Å². The van der Waals surface area contributed by atoms with Crippen molar-refractivity contribution in [2.45, 2.75) is 6.92 Å². The zero-order valence-corrected chi connectivity index (χ0v) is 14.2. The van der Waals surface area contributed by atoms with E-state index in [1.807, 2.05) is 32.0 Å². The number of hydrogen-bond donors (Lipinski definition) is 0. The molecule has 0 aliphatic rings. The molecule has 0 aliphatic carbocycles. The topological polar surface area (TPSA) is 85.4 Å². The van der Waals surface area contributed by atoms with Crippen molar-refractivity contribution in [2.75, 3.05) is 14.1 Å². The number of aromatic nitrogens is 4. The fourth-order valence-electron chi connectivity index (χ4n) is 2.44. The number of fused-ring (bicyclic) bond motifs is 2. The molecule has 124 valence electrons. The van der Waals surface area contributed by atoms with Crippen LogP contribution in [0.3, 0.4) is 0 Å². The number of aliphatic imine (C=N–C) groups is 1. The molecule has 0 atom stereocenters. The first-order valence-electron chi connectivity index (χ1n) is 7.38. The second kappa shape index (κ2) is 5.55. The average molecular weight is 326 g/mol. The van der Waals surface area contributed by atoms with Gasteiger partial charge in [0.1, 0.15) is 0 Å². The second-order valence-electron chi connectivity index (χ2n) is 5.94. The first-order valence-corrected chi connectivity index (χ1v) is 7.38. The maximum absolute atomic E-state index is 12.3. The van der Waals surface area contributed by atoms with Gasteiger partial charge in [0.05, 0.1) is 23.1 Å². The van der Waals surface area contributed by atoms with E-state index in [-0.39, 0.29) is 11.2 Å². The second-order valence-corrected chi connectivity index (χ2v) is 5.94. The van der Waals surface area contributed by atoms with E-state index in [1.54, 1.807) is 19.5 Å². The van der Waals surface area contributed by atoms with E-state index in [0.717, 1.165) is 15.8 Å². The summed E-state index contributed by atoms with van der Waals surface area (Å²) in [5.74, 6) is 0. The Morgan fingerprint density at radius 1 is 1.08 bits per heavy atom. The predicted octanol–water partition coefficient (Wildman–Crippen LogP) is 0.710. The minimum Gasteiger partial charge on any atom is -0.369 e. The maximum Gasteiger partial charge on any atom is 0.332 e. The molecule has 0 amide bonds. The first-order chi connectivity index (χ1) is 11.3. The minimum absolute atomic E-state index is 0.177. The zero-order valence-electron chi connectivity index (χ0n) is 14.2. The van der Waals surface area contributed by atoms with Gasteiger partial charge in [-0.25, -0.2) is 19.8 Å². The molecule has 0 aliphatic heterocycles. The molecule has 8 nitrogen and oxygen atoms in total. The highest BCUT2D eigenvalue weighted by molar-refractivity contribution is 5.87. The summed E-state index contributed by atoms with van der Waals surface area (Å²) in [5, 5.41) is 0. The molecule has 8 heteroatoms. The van der Waals surface area contributed by atoms with Crippen LogP contribution in [0.2, 0.25) is 0 Å². The zero-order chi connectivity index (χ0) is 17.6. The molecule has 0 fully saturated rings. The van der Waals surface area contributed by atoms with Crippen LogP contribution in [0.1, 0.15) is 5.56 Å². The highest BCUT2D eigenvalue weighted by atomic mass is 16.2. The lowest BCUT2D eigenvalue weighted by Gasteiger charge is -2.09. The largest absolute Gasteiger partial charge is 0.369 e. The Morgan fingerprint density at radius 2 is 1.75 bits per heavy atom. The van der Waals surface area contributed by atoms with E-state index in [1.165, 1.54) is 11.6 Å². The Kier molecular flexibility index (Phi) is 3.67. The van der Waals surface area contributed by atoms with Crippen LogP contribution in [0.4, 0.5) is 5.69 Å². The van der Waals surface area contributed by atoms with Crippen molar-refractivity contribution >= 4 is 34.2 Å². The summed E-state index contributed by atoms with van der Waals surface area (Å²) in [4.78, 5) is 39.5. The molecular weight excluding hydrogens is 308 g/mol. The summed E-state index contributed by atoms with van der Waals surface area (Å²) < 4.78 is 2.36. The molecule has 2 aromatic heterocycles. The summed E-state index contributed by atoms with van der Waals surface area (Å²) in [6, 6.07) is 3.65. The van der Waals surface area contributed by atoms with Crippen molar-refractivity contribution in [2.24, 2.45) is 19.1 Å². The molecule has 24 heavy (non-hydrogen) atoms. The Labute approximate surface area is 137 Å². The number of benzene rings is 1. The standard InChI is InChI=1S/C16H18N6O2/c1-9-6-11-12(7-10(9)17-8-20(2)3)19-14-13(18-11)15(23)22(5)16(24)21(14)4/h6-8H,1-5H3. The highest BCUT2D eigenvalue weighted by Gasteiger charge is 2.13. The number of rotatable bonds is 2. The van der Waals surface area contributed by atoms with Crippen molar-refractivity contribution in [1.29, 1.82) is 0 Å². The van der Waals surface area contributed by atoms with Crippen LogP contribution in [-0.2, 0) is 14.1 Å². The third-order valence-electron chi connectivity index (χ3n) is 3.79. The minimum atomic E-state index is -0.449. The van der Waals surface area contributed by atoms with Gasteiger partial charge in [-0.05, 0) is 24.6 Å². The van der Waals surface area contributed by atoms with Crippen LogP contribution in [0.5, 0.6) is 0 Å². The lowest BCUT2D eigenvalue weighted by atomic mass is 10.1. The van der Waals surface area contributed by atoms with E-state index in [9.17, 15) is 9.59 Å². The van der Waals surface area contributed by atoms with Gasteiger partial charge in [-0.1, -0.05) is 0 Å². The van der Waals surface area contributed by atoms with Gasteiger partial charge in [0, 0.05) is 28.2 Å². The molecule has 1 aromatic carbocycles. The smallest absolute Gasteiger partial charge is 0.332 e. The van der Waals surface area contributed by atoms with Gasteiger partial charge >= 0.3 is 5.69 Å². The lowest BCUT2D eigenvalue weighted by molar-refractivity contribution is 0.643. The Bertz CT molecular complexity index is 1110. The molecule has 0 unspecified atom stereocenters. The molecule has 3 rings (SSSR count). The van der Waals surface area contributed by atoms with Gasteiger partial charge in [0.2, 0.25) is 0 Å². The van der Waals surface area contributed by atoms with Crippen molar-refractivity contribution in [3.63, 3.8) is 0 Å². The van der Waals surface area contributed by atoms with Crippen molar-refractivity contribution in [3.05, 3.63) is 38.5 Å². The van der Waals surface area contributed by atoms with Gasteiger partial charge in [-0.2, -0.15) is 0 Å². The molecule has 0 spiro atoms. The Morgan fingerprint density at radius 3 is 2.42 bits per heavy atom. The van der Waals surface area contributed by atoms with Gasteiger partial charge in [-0.15, -0.1) is 0 Å². The lowest BCUT2D eigenvalue weighted by Crippen LogP contribution is -2.37. The molecule has 2 heterocycles. The summed E-state index contributed by atoms with van der Waals surface area (Å²) in [5.41, 5.74) is 2.43. The molecule has 0 N–H and O–H groups in total. The van der Waals surface area contributed by atoms with E-state index < -0.39 is 11.2 Å². The van der Waals surface area contributed by atoms with Gasteiger partial charge in [0.15, 0.2) is 11.2 Å². The van der Waals surface area contributed by atoms with Crippen LogP contribution < -0.4 is 11.2 Å². The predicted molar refractivity (Wildman–Crippen MR) is 94.1 cm³/mol. The van der Waals surface area contributed by atoms with Crippen molar-refractivity contribution in [3.8, 4) is 0 Å². The fraction of sp³-hybridized carbons (Fsp3) is 0.312. The van der Waals surface area contributed by atoms with Gasteiger partial charge in [0.25, 0.3) is 5.56 Å². The normalized spacial score (nSPS) is 11.7. The molecule has 0 saturated carbocycles. The van der Waals surface area contributed by atoms with Crippen LogP contribution in [-0.4, -0.2) is 44.4 Å². The maximum atomic E-state index is 12.3. The van der Waals surface area contributed by atoms with E-state index in [2.05, 4.69) is 15.0 Å². The van der Waals surface area contributed by atoms with Crippen LogP contribution in [0, 0.1) is 6.92 Å². The third kappa shape index (κ3) is 2.45. The quantitative estimate of drug-likeness (QED) is 0.393. The molecule has 0 saturated heterocycles. The first kappa shape index (κ1) is 15.9. The monoisotopic (exact) mass is 326 g/mol. The van der Waals surface area contributed by atoms with E-state index >= 15 is 0 Å². The summed E-state index contributed by atoms with van der Waals surface area (Å²) >= 11 is 0. The number of hydrogen-bond acceptors (Lipinski definition) is 5. The van der Waals surface area contributed by atoms with Crippen molar-refractivity contribution in [1.82, 2.24) is 24.0 Å². The summed E-state index contributed by atoms with van der Waals surface area (Å²) in [6.07, 6.45) is 1.70. The summed E-state index contributed by atoms with van der Waals surface area (Å²) in [6.45, 7) is 1.92. The van der Waals surface area contributed by atoms with Gasteiger partial charge in [-0.3, -0.25) is 13.9 Å². The van der Waals surface area contributed by atoms with E-state index in [4.69, 9.17) is 0 Å². The number of nitrogens with zero attached hydrogens (tertiary/aromatic N) is 6. The Balaban J connectivity index is 2.38. The molecule has 0 radical (unpaired) electrons. The third-order valence-corrected chi connectivity index (χ3v) is 3.79. The molecular formula is C16H18N6O2. The molecule has 0 bridgehead atoms. The Hall–Kier alpha value is -3.03. The van der Waals surface area contributed by atoms with Crippen LogP contribution in [0.15, 0.2) is 26.7 Å². The number of aryl methyl sites for hydroxylation is 2.